The standard InChI is InChI=1S/C20H15NO/c1-22-18-11-9-15(10-12-18)13-17(14-21)20-8-4-6-16-5-2-3-7-19(16)20/h2-13H,1H3/b17-13+. The highest BCUT2D eigenvalue weighted by atomic mass is 16.5. The van der Waals surface area contributed by atoms with Gasteiger partial charge in [-0.25, -0.2) is 0 Å². The summed E-state index contributed by atoms with van der Waals surface area (Å²) in [6, 6.07) is 24.1. The van der Waals surface area contributed by atoms with Crippen molar-refractivity contribution in [2.24, 2.45) is 0 Å². The summed E-state index contributed by atoms with van der Waals surface area (Å²) in [4.78, 5) is 0. The third-order valence-corrected chi connectivity index (χ3v) is 3.63. The molecule has 0 saturated carbocycles. The first-order chi connectivity index (χ1) is 10.8. The molecule has 3 aromatic carbocycles. The van der Waals surface area contributed by atoms with Crippen LogP contribution >= 0.6 is 0 Å². The number of rotatable bonds is 3. The van der Waals surface area contributed by atoms with Crippen LogP contribution in [0.5, 0.6) is 5.75 Å². The number of nitriles is 1. The molecule has 0 spiro atoms. The van der Waals surface area contributed by atoms with Crippen molar-refractivity contribution in [1.82, 2.24) is 0 Å². The first-order valence-corrected chi connectivity index (χ1v) is 7.06. The zero-order valence-corrected chi connectivity index (χ0v) is 12.3. The van der Waals surface area contributed by atoms with Crippen molar-refractivity contribution in [2.45, 2.75) is 0 Å². The van der Waals surface area contributed by atoms with Crippen LogP contribution in [0.25, 0.3) is 22.4 Å². The van der Waals surface area contributed by atoms with E-state index >= 15 is 0 Å². The van der Waals surface area contributed by atoms with E-state index in [9.17, 15) is 5.26 Å². The summed E-state index contributed by atoms with van der Waals surface area (Å²) >= 11 is 0. The van der Waals surface area contributed by atoms with Gasteiger partial charge in [0, 0.05) is 5.56 Å². The van der Waals surface area contributed by atoms with E-state index in [4.69, 9.17) is 4.74 Å². The molecule has 0 atom stereocenters. The fraction of sp³-hybridized carbons (Fsp3) is 0.0500. The topological polar surface area (TPSA) is 33.0 Å². The van der Waals surface area contributed by atoms with Gasteiger partial charge in [-0.15, -0.1) is 0 Å². The van der Waals surface area contributed by atoms with Gasteiger partial charge in [-0.1, -0.05) is 54.6 Å². The van der Waals surface area contributed by atoms with Crippen LogP contribution in [0.1, 0.15) is 11.1 Å². The maximum Gasteiger partial charge on any atom is 0.118 e. The van der Waals surface area contributed by atoms with Crippen molar-refractivity contribution in [2.75, 3.05) is 7.11 Å². The number of methoxy groups -OCH3 is 1. The van der Waals surface area contributed by atoms with Crippen LogP contribution < -0.4 is 4.74 Å². The zero-order chi connectivity index (χ0) is 15.4. The van der Waals surface area contributed by atoms with E-state index in [0.29, 0.717) is 5.57 Å². The molecule has 0 heterocycles. The lowest BCUT2D eigenvalue weighted by molar-refractivity contribution is 0.415. The average molecular weight is 285 g/mol. The van der Waals surface area contributed by atoms with Gasteiger partial charge in [-0.05, 0) is 34.5 Å². The van der Waals surface area contributed by atoms with Gasteiger partial charge in [0.05, 0.1) is 18.8 Å². The number of nitrogens with zero attached hydrogens (tertiary/aromatic N) is 1. The van der Waals surface area contributed by atoms with Crippen LogP contribution in [0, 0.1) is 11.3 Å². The lowest BCUT2D eigenvalue weighted by atomic mass is 9.97. The van der Waals surface area contributed by atoms with E-state index in [1.54, 1.807) is 7.11 Å². The second-order valence-corrected chi connectivity index (χ2v) is 4.97. The Balaban J connectivity index is 2.09. The summed E-state index contributed by atoms with van der Waals surface area (Å²) in [5.74, 6) is 0.806. The number of benzene rings is 3. The van der Waals surface area contributed by atoms with Crippen molar-refractivity contribution in [3.63, 3.8) is 0 Å². The molecule has 3 aromatic rings. The maximum atomic E-state index is 9.56. The van der Waals surface area contributed by atoms with Crippen molar-refractivity contribution in [3.8, 4) is 11.8 Å². The minimum atomic E-state index is 0.655. The highest BCUT2D eigenvalue weighted by molar-refractivity contribution is 6.01. The number of allylic oxidation sites excluding steroid dienone is 1. The summed E-state index contributed by atoms with van der Waals surface area (Å²) in [6.07, 6.45) is 1.90. The minimum Gasteiger partial charge on any atom is -0.497 e. The molecule has 0 unspecified atom stereocenters. The van der Waals surface area contributed by atoms with Crippen LogP contribution in [-0.4, -0.2) is 7.11 Å². The first kappa shape index (κ1) is 13.9. The molecule has 0 amide bonds. The normalized spacial score (nSPS) is 11.2. The molecule has 22 heavy (non-hydrogen) atoms. The predicted molar refractivity (Wildman–Crippen MR) is 90.4 cm³/mol. The number of ether oxygens (including phenoxy) is 1. The Morgan fingerprint density at radius 2 is 1.68 bits per heavy atom. The molecule has 0 saturated heterocycles. The Kier molecular flexibility index (Phi) is 3.89. The minimum absolute atomic E-state index is 0.655. The van der Waals surface area contributed by atoms with Crippen molar-refractivity contribution >= 4 is 22.4 Å². The smallest absolute Gasteiger partial charge is 0.118 e. The van der Waals surface area contributed by atoms with Crippen LogP contribution in [0.2, 0.25) is 0 Å². The van der Waals surface area contributed by atoms with Crippen LogP contribution in [0.4, 0.5) is 0 Å². The number of fused-ring (bicyclic) bond motifs is 1. The highest BCUT2D eigenvalue weighted by Gasteiger charge is 2.06. The molecule has 0 aliphatic carbocycles. The van der Waals surface area contributed by atoms with E-state index in [0.717, 1.165) is 27.6 Å². The molecule has 0 aliphatic rings. The van der Waals surface area contributed by atoms with Crippen molar-refractivity contribution in [1.29, 1.82) is 5.26 Å². The van der Waals surface area contributed by atoms with E-state index in [1.165, 1.54) is 0 Å². The number of hydrogen-bond acceptors (Lipinski definition) is 2. The Morgan fingerprint density at radius 3 is 2.41 bits per heavy atom. The van der Waals surface area contributed by atoms with Gasteiger partial charge >= 0.3 is 0 Å². The monoisotopic (exact) mass is 285 g/mol. The molecule has 106 valence electrons. The Bertz CT molecular complexity index is 865. The quantitative estimate of drug-likeness (QED) is 0.506. The Labute approximate surface area is 129 Å². The van der Waals surface area contributed by atoms with Crippen LogP contribution in [0.3, 0.4) is 0 Å². The average Bonchev–Trinajstić information content (AvgIpc) is 2.60. The van der Waals surface area contributed by atoms with E-state index in [1.807, 2.05) is 60.7 Å². The maximum absolute atomic E-state index is 9.56. The van der Waals surface area contributed by atoms with Gasteiger partial charge in [0.15, 0.2) is 0 Å². The lowest BCUT2D eigenvalue weighted by Crippen LogP contribution is -1.86. The SMILES string of the molecule is COc1ccc(/C=C(\C#N)c2cccc3ccccc23)cc1. The summed E-state index contributed by atoms with van der Waals surface area (Å²) in [6.45, 7) is 0. The largest absolute Gasteiger partial charge is 0.497 e. The first-order valence-electron chi connectivity index (χ1n) is 7.06. The van der Waals surface area contributed by atoms with Gasteiger partial charge in [-0.3, -0.25) is 0 Å². The molecule has 2 nitrogen and oxygen atoms in total. The molecular weight excluding hydrogens is 270 g/mol. The fourth-order valence-corrected chi connectivity index (χ4v) is 2.50. The van der Waals surface area contributed by atoms with Crippen molar-refractivity contribution in [3.05, 3.63) is 77.9 Å². The van der Waals surface area contributed by atoms with E-state index < -0.39 is 0 Å². The summed E-state index contributed by atoms with van der Waals surface area (Å²) in [5, 5.41) is 11.8. The third-order valence-electron chi connectivity index (χ3n) is 3.63. The number of hydrogen-bond donors (Lipinski definition) is 0. The van der Waals surface area contributed by atoms with Gasteiger partial charge in [-0.2, -0.15) is 5.26 Å². The summed E-state index contributed by atoms with van der Waals surface area (Å²) < 4.78 is 5.16. The van der Waals surface area contributed by atoms with Crippen LogP contribution in [0.15, 0.2) is 66.7 Å². The molecule has 0 aliphatic heterocycles. The van der Waals surface area contributed by atoms with Crippen LogP contribution in [-0.2, 0) is 0 Å². The predicted octanol–water partition coefficient (Wildman–Crippen LogP) is 4.91. The molecule has 2 heteroatoms. The lowest BCUT2D eigenvalue weighted by Gasteiger charge is -2.06. The molecule has 0 bridgehead atoms. The van der Waals surface area contributed by atoms with Crippen molar-refractivity contribution < 1.29 is 4.74 Å². The molecule has 0 radical (unpaired) electrons. The third kappa shape index (κ3) is 2.70. The van der Waals surface area contributed by atoms with E-state index in [2.05, 4.69) is 18.2 Å². The molecule has 3 rings (SSSR count). The van der Waals surface area contributed by atoms with Gasteiger partial charge in [0.1, 0.15) is 5.75 Å². The highest BCUT2D eigenvalue weighted by Crippen LogP contribution is 2.26. The molecule has 0 aromatic heterocycles. The molecule has 0 N–H and O–H groups in total. The van der Waals surface area contributed by atoms with Gasteiger partial charge in [0.25, 0.3) is 0 Å². The molecule has 0 fully saturated rings. The van der Waals surface area contributed by atoms with E-state index in [-0.39, 0.29) is 0 Å². The second kappa shape index (κ2) is 6.15. The van der Waals surface area contributed by atoms with Gasteiger partial charge in [0.2, 0.25) is 0 Å². The summed E-state index contributed by atoms with van der Waals surface area (Å²) in [7, 11) is 1.64. The second-order valence-electron chi connectivity index (χ2n) is 4.97. The Morgan fingerprint density at radius 1 is 0.955 bits per heavy atom. The zero-order valence-electron chi connectivity index (χ0n) is 12.3. The summed E-state index contributed by atoms with van der Waals surface area (Å²) in [5.41, 5.74) is 2.59. The Hall–Kier alpha value is -3.05. The van der Waals surface area contributed by atoms with Gasteiger partial charge < -0.3 is 4.74 Å². The molecular formula is C20H15NO. The fourth-order valence-electron chi connectivity index (χ4n) is 2.50.